The molecular weight excluding hydrogens is 226 g/mol. The first kappa shape index (κ1) is 11.3. The number of nitro groups is 1. The number of hydrogen-bond donors (Lipinski definition) is 0. The quantitative estimate of drug-likeness (QED) is 0.594. The molecule has 1 heterocycles. The average molecular weight is 237 g/mol. The van der Waals surface area contributed by atoms with Crippen LogP contribution in [-0.4, -0.2) is 18.8 Å². The van der Waals surface area contributed by atoms with E-state index in [9.17, 15) is 10.1 Å². The van der Waals surface area contributed by atoms with Crippen molar-refractivity contribution in [3.8, 4) is 17.2 Å². The third-order valence-electron chi connectivity index (χ3n) is 2.38. The fraction of sp³-hybridized carbons (Fsp3) is 0.273. The van der Waals surface area contributed by atoms with Gasteiger partial charge < -0.3 is 14.2 Å². The van der Waals surface area contributed by atoms with E-state index in [0.717, 1.165) is 0 Å². The first-order valence-corrected chi connectivity index (χ1v) is 4.92. The van der Waals surface area contributed by atoms with Crippen molar-refractivity contribution in [1.29, 1.82) is 0 Å². The maximum Gasteiger partial charge on any atom is 0.243 e. The molecule has 2 rings (SSSR count). The lowest BCUT2D eigenvalue weighted by Gasteiger charge is -2.06. The summed E-state index contributed by atoms with van der Waals surface area (Å²) in [6, 6.07) is 3.32. The highest BCUT2D eigenvalue weighted by Crippen LogP contribution is 2.38. The lowest BCUT2D eigenvalue weighted by molar-refractivity contribution is -0.422. The number of fused-ring (bicyclic) bond motifs is 1. The Morgan fingerprint density at radius 1 is 1.47 bits per heavy atom. The molecule has 1 aromatic carbocycles. The summed E-state index contributed by atoms with van der Waals surface area (Å²) in [6.45, 7) is 1.57. The monoisotopic (exact) mass is 237 g/mol. The Morgan fingerprint density at radius 3 is 2.71 bits per heavy atom. The molecule has 0 fully saturated rings. The minimum absolute atomic E-state index is 0.0298. The highest BCUT2D eigenvalue weighted by Gasteiger charge is 2.18. The highest BCUT2D eigenvalue weighted by molar-refractivity contribution is 5.64. The Kier molecular flexibility index (Phi) is 2.86. The van der Waals surface area contributed by atoms with Gasteiger partial charge in [-0.3, -0.25) is 10.1 Å². The van der Waals surface area contributed by atoms with E-state index >= 15 is 0 Å². The molecule has 0 aromatic heterocycles. The van der Waals surface area contributed by atoms with E-state index in [2.05, 4.69) is 0 Å². The lowest BCUT2D eigenvalue weighted by atomic mass is 10.1. The predicted molar refractivity (Wildman–Crippen MR) is 59.8 cm³/mol. The van der Waals surface area contributed by atoms with Crippen LogP contribution >= 0.6 is 0 Å². The first-order valence-electron chi connectivity index (χ1n) is 4.92. The van der Waals surface area contributed by atoms with Crippen LogP contribution in [0.2, 0.25) is 0 Å². The number of rotatable bonds is 3. The van der Waals surface area contributed by atoms with Crippen LogP contribution in [-0.2, 0) is 0 Å². The van der Waals surface area contributed by atoms with E-state index in [4.69, 9.17) is 14.2 Å². The predicted octanol–water partition coefficient (Wildman–Crippen LogP) is 2.06. The summed E-state index contributed by atoms with van der Waals surface area (Å²) in [5.74, 6) is 1.65. The first-order chi connectivity index (χ1) is 8.11. The number of ether oxygens (including phenoxy) is 3. The van der Waals surface area contributed by atoms with Crippen molar-refractivity contribution in [1.82, 2.24) is 0 Å². The molecule has 0 amide bonds. The molecule has 90 valence electrons. The molecule has 0 spiro atoms. The summed E-state index contributed by atoms with van der Waals surface area (Å²) in [6.07, 6.45) is 1.43. The normalized spacial score (nSPS) is 13.6. The summed E-state index contributed by atoms with van der Waals surface area (Å²) >= 11 is 0. The number of hydrogen-bond acceptors (Lipinski definition) is 5. The Morgan fingerprint density at radius 2 is 2.12 bits per heavy atom. The van der Waals surface area contributed by atoms with Gasteiger partial charge in [-0.15, -0.1) is 0 Å². The molecule has 1 aliphatic rings. The molecule has 0 saturated heterocycles. The van der Waals surface area contributed by atoms with Gasteiger partial charge in [-0.25, -0.2) is 0 Å². The largest absolute Gasteiger partial charge is 0.496 e. The molecule has 6 heteroatoms. The molecule has 0 saturated carbocycles. The zero-order valence-corrected chi connectivity index (χ0v) is 9.43. The zero-order chi connectivity index (χ0) is 12.4. The SMILES string of the molecule is COc1cc2c(cc1/C=C(/C)[N+](=O)[O-])OCO2. The van der Waals surface area contributed by atoms with Crippen molar-refractivity contribution in [2.75, 3.05) is 13.9 Å². The van der Waals surface area contributed by atoms with Gasteiger partial charge in [0.05, 0.1) is 12.0 Å². The minimum Gasteiger partial charge on any atom is -0.496 e. The van der Waals surface area contributed by atoms with Crippen molar-refractivity contribution in [3.05, 3.63) is 33.5 Å². The smallest absolute Gasteiger partial charge is 0.243 e. The van der Waals surface area contributed by atoms with Crippen LogP contribution in [0.5, 0.6) is 17.2 Å². The fourth-order valence-electron chi connectivity index (χ4n) is 1.51. The highest BCUT2D eigenvalue weighted by atomic mass is 16.7. The Bertz CT molecular complexity index is 495. The Labute approximate surface area is 97.6 Å². The van der Waals surface area contributed by atoms with E-state index in [-0.39, 0.29) is 12.5 Å². The summed E-state index contributed by atoms with van der Waals surface area (Å²) < 4.78 is 15.5. The van der Waals surface area contributed by atoms with Gasteiger partial charge in [0.25, 0.3) is 0 Å². The second kappa shape index (κ2) is 4.32. The summed E-state index contributed by atoms with van der Waals surface area (Å²) in [7, 11) is 1.50. The van der Waals surface area contributed by atoms with Gasteiger partial charge in [0.15, 0.2) is 11.5 Å². The average Bonchev–Trinajstić information content (AvgIpc) is 2.74. The second-order valence-electron chi connectivity index (χ2n) is 3.49. The maximum atomic E-state index is 10.6. The second-order valence-corrected chi connectivity index (χ2v) is 3.49. The molecule has 0 unspecified atom stereocenters. The Balaban J connectivity index is 2.46. The molecule has 17 heavy (non-hydrogen) atoms. The summed E-state index contributed by atoms with van der Waals surface area (Å²) in [5.41, 5.74) is 0.619. The standard InChI is InChI=1S/C11H11NO5/c1-7(12(13)14)3-8-4-10-11(17-6-16-10)5-9(8)15-2/h3-5H,6H2,1-2H3/b7-3-. The Hall–Kier alpha value is -2.24. The third kappa shape index (κ3) is 2.15. The van der Waals surface area contributed by atoms with Gasteiger partial charge in [-0.2, -0.15) is 0 Å². The molecule has 0 aliphatic carbocycles. The topological polar surface area (TPSA) is 70.8 Å². The molecular formula is C11H11NO5. The molecule has 0 atom stereocenters. The molecule has 0 bridgehead atoms. The van der Waals surface area contributed by atoms with E-state index in [1.807, 2.05) is 0 Å². The van der Waals surface area contributed by atoms with E-state index < -0.39 is 4.92 Å². The number of nitrogens with zero attached hydrogens (tertiary/aromatic N) is 1. The van der Waals surface area contributed by atoms with E-state index in [0.29, 0.717) is 22.8 Å². The summed E-state index contributed by atoms with van der Waals surface area (Å²) in [5, 5.41) is 10.6. The van der Waals surface area contributed by atoms with Gasteiger partial charge in [0, 0.05) is 24.6 Å². The van der Waals surface area contributed by atoms with Crippen LogP contribution in [0.25, 0.3) is 6.08 Å². The van der Waals surface area contributed by atoms with Crippen LogP contribution in [0.1, 0.15) is 12.5 Å². The van der Waals surface area contributed by atoms with Crippen molar-refractivity contribution in [2.45, 2.75) is 6.92 Å². The van der Waals surface area contributed by atoms with Gasteiger partial charge in [-0.05, 0) is 6.07 Å². The molecule has 0 N–H and O–H groups in total. The van der Waals surface area contributed by atoms with Crippen LogP contribution in [0.15, 0.2) is 17.8 Å². The van der Waals surface area contributed by atoms with Crippen LogP contribution in [0, 0.1) is 10.1 Å². The zero-order valence-electron chi connectivity index (χ0n) is 9.43. The van der Waals surface area contributed by atoms with Crippen molar-refractivity contribution in [3.63, 3.8) is 0 Å². The van der Waals surface area contributed by atoms with Crippen molar-refractivity contribution >= 4 is 6.08 Å². The van der Waals surface area contributed by atoms with Crippen LogP contribution < -0.4 is 14.2 Å². The van der Waals surface area contributed by atoms with Gasteiger partial charge in [0.1, 0.15) is 5.75 Å². The van der Waals surface area contributed by atoms with Crippen molar-refractivity contribution < 1.29 is 19.1 Å². The number of methoxy groups -OCH3 is 1. The van der Waals surface area contributed by atoms with Crippen molar-refractivity contribution in [2.24, 2.45) is 0 Å². The summed E-state index contributed by atoms with van der Waals surface area (Å²) in [4.78, 5) is 10.1. The van der Waals surface area contributed by atoms with E-state index in [1.165, 1.54) is 20.1 Å². The maximum absolute atomic E-state index is 10.6. The van der Waals surface area contributed by atoms with Crippen LogP contribution in [0.3, 0.4) is 0 Å². The molecule has 0 radical (unpaired) electrons. The van der Waals surface area contributed by atoms with Gasteiger partial charge in [-0.1, -0.05) is 0 Å². The van der Waals surface area contributed by atoms with Gasteiger partial charge in [0.2, 0.25) is 12.5 Å². The fourth-order valence-corrected chi connectivity index (χ4v) is 1.51. The molecule has 1 aromatic rings. The van der Waals surface area contributed by atoms with E-state index in [1.54, 1.807) is 12.1 Å². The molecule has 6 nitrogen and oxygen atoms in total. The minimum atomic E-state index is -0.454. The molecule has 1 aliphatic heterocycles. The third-order valence-corrected chi connectivity index (χ3v) is 2.38. The number of allylic oxidation sites excluding steroid dienone is 1. The lowest BCUT2D eigenvalue weighted by Crippen LogP contribution is -1.94. The van der Waals surface area contributed by atoms with Crippen LogP contribution in [0.4, 0.5) is 0 Å². The van der Waals surface area contributed by atoms with Gasteiger partial charge >= 0.3 is 0 Å². The number of benzene rings is 1.